The molecule has 2 fully saturated rings. The minimum Gasteiger partial charge on any atom is -0.489 e. The lowest BCUT2D eigenvalue weighted by molar-refractivity contribution is 0.180. The molecule has 0 saturated heterocycles. The second-order valence-corrected chi connectivity index (χ2v) is 10.4. The Morgan fingerprint density at radius 3 is 2.06 bits per heavy atom. The molecule has 0 amide bonds. The lowest BCUT2D eigenvalue weighted by atomic mass is 9.89. The minimum absolute atomic E-state index is 0.673. The van der Waals surface area contributed by atoms with Crippen molar-refractivity contribution in [2.75, 3.05) is 25.2 Å². The van der Waals surface area contributed by atoms with Gasteiger partial charge >= 0.3 is 0 Å². The van der Waals surface area contributed by atoms with Gasteiger partial charge < -0.3 is 14.4 Å². The molecule has 1 heterocycles. The number of hydrogen-bond donors (Lipinski definition) is 0. The standard InChI is InChI=1S/C30H39NO2/c1-3-24-15-10-16-26-27-18-29(33-21-23-13-8-5-9-14-23)28(17-25(27)19-31(2)30(24)26)32-20-22-11-6-4-7-12-22/h3,10,15-18,22-23H,1,4-9,11-14,19-21H2,2H3. The normalized spacial score (nSPS) is 19.0. The molecule has 2 aromatic rings. The second kappa shape index (κ2) is 10.2. The topological polar surface area (TPSA) is 21.7 Å². The van der Waals surface area contributed by atoms with Crippen molar-refractivity contribution >= 4 is 11.8 Å². The SMILES string of the molecule is C=Cc1cccc2c1N(C)Cc1cc(OCC3CCCCC3)c(OCC3CCCCC3)cc1-2. The number of ether oxygens (including phenoxy) is 2. The molecule has 3 heteroatoms. The molecule has 1 aliphatic heterocycles. The Morgan fingerprint density at radius 1 is 0.848 bits per heavy atom. The maximum atomic E-state index is 6.52. The van der Waals surface area contributed by atoms with Gasteiger partial charge in [-0.05, 0) is 66.3 Å². The molecule has 0 aromatic heterocycles. The van der Waals surface area contributed by atoms with Gasteiger partial charge in [0.2, 0.25) is 0 Å². The van der Waals surface area contributed by atoms with Gasteiger partial charge in [-0.2, -0.15) is 0 Å². The van der Waals surface area contributed by atoms with Gasteiger partial charge in [0.15, 0.2) is 11.5 Å². The van der Waals surface area contributed by atoms with Crippen LogP contribution < -0.4 is 14.4 Å². The summed E-state index contributed by atoms with van der Waals surface area (Å²) in [5, 5.41) is 0. The Morgan fingerprint density at radius 2 is 1.45 bits per heavy atom. The number of fused-ring (bicyclic) bond motifs is 3. The van der Waals surface area contributed by atoms with Crippen LogP contribution in [0.3, 0.4) is 0 Å². The van der Waals surface area contributed by atoms with Crippen molar-refractivity contribution in [3.8, 4) is 22.6 Å². The summed E-state index contributed by atoms with van der Waals surface area (Å²) in [6.07, 6.45) is 15.3. The van der Waals surface area contributed by atoms with Crippen molar-refractivity contribution in [3.05, 3.63) is 48.0 Å². The zero-order valence-corrected chi connectivity index (χ0v) is 20.3. The highest BCUT2D eigenvalue weighted by Crippen LogP contribution is 2.45. The van der Waals surface area contributed by atoms with E-state index in [9.17, 15) is 0 Å². The van der Waals surface area contributed by atoms with Gasteiger partial charge in [0.1, 0.15) is 0 Å². The van der Waals surface area contributed by atoms with Crippen molar-refractivity contribution in [3.63, 3.8) is 0 Å². The Balaban J connectivity index is 1.45. The van der Waals surface area contributed by atoms with Crippen LogP contribution in [-0.2, 0) is 6.54 Å². The summed E-state index contributed by atoms with van der Waals surface area (Å²) < 4.78 is 13.0. The van der Waals surface area contributed by atoms with E-state index in [1.54, 1.807) is 0 Å². The first kappa shape index (κ1) is 22.4. The second-order valence-electron chi connectivity index (χ2n) is 10.4. The number of nitrogens with zero attached hydrogens (tertiary/aromatic N) is 1. The van der Waals surface area contributed by atoms with Crippen LogP contribution >= 0.6 is 0 Å². The molecule has 0 atom stereocenters. The first-order valence-electron chi connectivity index (χ1n) is 13.1. The van der Waals surface area contributed by atoms with E-state index in [-0.39, 0.29) is 0 Å². The summed E-state index contributed by atoms with van der Waals surface area (Å²) in [5.74, 6) is 3.22. The van der Waals surface area contributed by atoms with E-state index in [0.717, 1.165) is 31.3 Å². The van der Waals surface area contributed by atoms with Gasteiger partial charge in [0.25, 0.3) is 0 Å². The van der Waals surface area contributed by atoms with Gasteiger partial charge in [0.05, 0.1) is 18.9 Å². The molecule has 5 rings (SSSR count). The van der Waals surface area contributed by atoms with E-state index in [2.05, 4.69) is 48.9 Å². The molecule has 2 saturated carbocycles. The number of benzene rings is 2. The van der Waals surface area contributed by atoms with Crippen LogP contribution in [0, 0.1) is 11.8 Å². The molecule has 176 valence electrons. The zero-order chi connectivity index (χ0) is 22.6. The van der Waals surface area contributed by atoms with Gasteiger partial charge in [-0.15, -0.1) is 0 Å². The fraction of sp³-hybridized carbons (Fsp3) is 0.533. The van der Waals surface area contributed by atoms with Crippen LogP contribution in [0.25, 0.3) is 17.2 Å². The summed E-state index contributed by atoms with van der Waals surface area (Å²) in [4.78, 5) is 2.34. The summed E-state index contributed by atoms with van der Waals surface area (Å²) in [6.45, 7) is 6.53. The summed E-state index contributed by atoms with van der Waals surface area (Å²) >= 11 is 0. The quantitative estimate of drug-likeness (QED) is 0.433. The number of hydrogen-bond acceptors (Lipinski definition) is 3. The van der Waals surface area contributed by atoms with Crippen LogP contribution in [0.2, 0.25) is 0 Å². The van der Waals surface area contributed by atoms with Gasteiger partial charge in [0, 0.05) is 19.2 Å². The van der Waals surface area contributed by atoms with Gasteiger partial charge in [-0.1, -0.05) is 69.4 Å². The molecule has 0 N–H and O–H groups in total. The molecule has 2 aliphatic carbocycles. The first-order chi connectivity index (χ1) is 16.2. The van der Waals surface area contributed by atoms with E-state index < -0.39 is 0 Å². The third-order valence-corrected chi connectivity index (χ3v) is 7.93. The van der Waals surface area contributed by atoms with Crippen LogP contribution in [0.5, 0.6) is 11.5 Å². The number of para-hydroxylation sites is 1. The van der Waals surface area contributed by atoms with Gasteiger partial charge in [-0.25, -0.2) is 0 Å². The van der Waals surface area contributed by atoms with Crippen LogP contribution in [-0.4, -0.2) is 20.3 Å². The van der Waals surface area contributed by atoms with Crippen LogP contribution in [0.4, 0.5) is 5.69 Å². The smallest absolute Gasteiger partial charge is 0.161 e. The molecule has 33 heavy (non-hydrogen) atoms. The van der Waals surface area contributed by atoms with E-state index in [4.69, 9.17) is 9.47 Å². The lowest BCUT2D eigenvalue weighted by Gasteiger charge is -2.32. The van der Waals surface area contributed by atoms with Crippen molar-refractivity contribution in [2.45, 2.75) is 70.8 Å². The largest absolute Gasteiger partial charge is 0.489 e. The van der Waals surface area contributed by atoms with Crippen LogP contribution in [0.15, 0.2) is 36.9 Å². The third-order valence-electron chi connectivity index (χ3n) is 7.93. The molecule has 3 nitrogen and oxygen atoms in total. The van der Waals surface area contributed by atoms with E-state index in [1.807, 2.05) is 6.08 Å². The maximum Gasteiger partial charge on any atom is 0.161 e. The zero-order valence-electron chi connectivity index (χ0n) is 20.3. The predicted octanol–water partition coefficient (Wildman–Crippen LogP) is 7.86. The van der Waals surface area contributed by atoms with Gasteiger partial charge in [-0.3, -0.25) is 0 Å². The number of rotatable bonds is 7. The maximum absolute atomic E-state index is 6.52. The predicted molar refractivity (Wildman–Crippen MR) is 138 cm³/mol. The highest BCUT2D eigenvalue weighted by atomic mass is 16.5. The monoisotopic (exact) mass is 445 g/mol. The molecular formula is C30H39NO2. The van der Waals surface area contributed by atoms with E-state index >= 15 is 0 Å². The Bertz CT molecular complexity index is 970. The van der Waals surface area contributed by atoms with Crippen molar-refractivity contribution in [2.24, 2.45) is 11.8 Å². The molecule has 0 radical (unpaired) electrons. The number of anilines is 1. The minimum atomic E-state index is 0.673. The van der Waals surface area contributed by atoms with E-state index in [1.165, 1.54) is 92.1 Å². The summed E-state index contributed by atoms with van der Waals surface area (Å²) in [7, 11) is 2.17. The first-order valence-corrected chi connectivity index (χ1v) is 13.1. The van der Waals surface area contributed by atoms with Crippen molar-refractivity contribution < 1.29 is 9.47 Å². The highest BCUT2D eigenvalue weighted by Gasteiger charge is 2.25. The fourth-order valence-corrected chi connectivity index (χ4v) is 6.04. The summed E-state index contributed by atoms with van der Waals surface area (Å²) in [5.41, 5.74) is 6.29. The lowest BCUT2D eigenvalue weighted by Crippen LogP contribution is -2.23. The fourth-order valence-electron chi connectivity index (χ4n) is 6.04. The molecule has 0 bridgehead atoms. The molecule has 0 unspecified atom stereocenters. The molecule has 3 aliphatic rings. The molecule has 0 spiro atoms. The summed E-state index contributed by atoms with van der Waals surface area (Å²) in [6, 6.07) is 11.0. The Kier molecular flexibility index (Phi) is 6.94. The van der Waals surface area contributed by atoms with Crippen molar-refractivity contribution in [1.29, 1.82) is 0 Å². The third kappa shape index (κ3) is 4.93. The Hall–Kier alpha value is -2.42. The highest BCUT2D eigenvalue weighted by molar-refractivity contribution is 5.89. The Labute approximate surface area is 199 Å². The molecular weight excluding hydrogens is 406 g/mol. The molecule has 2 aromatic carbocycles. The average Bonchev–Trinajstić information content (AvgIpc) is 2.87. The van der Waals surface area contributed by atoms with E-state index in [0.29, 0.717) is 11.8 Å². The average molecular weight is 446 g/mol. The van der Waals surface area contributed by atoms with Crippen molar-refractivity contribution in [1.82, 2.24) is 0 Å². The van der Waals surface area contributed by atoms with Crippen LogP contribution in [0.1, 0.15) is 75.3 Å².